The van der Waals surface area contributed by atoms with Gasteiger partial charge in [-0.15, -0.1) is 11.3 Å². The Morgan fingerprint density at radius 3 is 2.67 bits per heavy atom. The second-order valence-corrected chi connectivity index (χ2v) is 9.72. The second kappa shape index (κ2) is 7.04. The first-order chi connectivity index (χ1) is 11.4. The Hall–Kier alpha value is -1.08. The van der Waals surface area contributed by atoms with Crippen molar-refractivity contribution < 1.29 is 13.2 Å². The maximum absolute atomic E-state index is 12.9. The highest BCUT2D eigenvalue weighted by atomic mass is 35.5. The molecule has 1 atom stereocenters. The number of nitrogens with zero attached hydrogens (tertiary/aromatic N) is 1. The molecule has 3 rings (SSSR count). The Morgan fingerprint density at radius 1 is 1.29 bits per heavy atom. The third-order valence-corrected chi connectivity index (χ3v) is 7.19. The molecular formula is C16H15Cl2NO3S2. The molecule has 0 saturated carbocycles. The molecule has 128 valence electrons. The van der Waals surface area contributed by atoms with Crippen molar-refractivity contribution in [2.24, 2.45) is 0 Å². The second-order valence-electron chi connectivity index (χ2n) is 5.70. The van der Waals surface area contributed by atoms with E-state index < -0.39 is 9.84 Å². The van der Waals surface area contributed by atoms with Gasteiger partial charge in [-0.1, -0.05) is 35.3 Å². The number of carbonyl (C=O) groups is 1. The van der Waals surface area contributed by atoms with Gasteiger partial charge in [0, 0.05) is 22.6 Å². The number of amides is 1. The van der Waals surface area contributed by atoms with Crippen LogP contribution in [0.1, 0.15) is 21.7 Å². The molecule has 1 aromatic carbocycles. The zero-order valence-electron chi connectivity index (χ0n) is 12.6. The van der Waals surface area contributed by atoms with E-state index in [4.69, 9.17) is 23.2 Å². The van der Waals surface area contributed by atoms with Crippen molar-refractivity contribution in [2.45, 2.75) is 19.0 Å². The number of hydrogen-bond acceptors (Lipinski definition) is 4. The van der Waals surface area contributed by atoms with Crippen molar-refractivity contribution in [3.63, 3.8) is 0 Å². The van der Waals surface area contributed by atoms with Gasteiger partial charge in [-0.25, -0.2) is 8.42 Å². The highest BCUT2D eigenvalue weighted by Crippen LogP contribution is 2.27. The summed E-state index contributed by atoms with van der Waals surface area (Å²) < 4.78 is 23.7. The molecule has 1 aliphatic rings. The molecule has 2 heterocycles. The van der Waals surface area contributed by atoms with Crippen LogP contribution in [0, 0.1) is 0 Å². The molecule has 1 fully saturated rings. The SMILES string of the molecule is O=C(c1cccs1)N(Cc1ccc(Cl)cc1Cl)[C@@H]1CCS(=O)(=O)C1. The molecule has 0 aliphatic carbocycles. The van der Waals surface area contributed by atoms with Crippen LogP contribution in [0.5, 0.6) is 0 Å². The summed E-state index contributed by atoms with van der Waals surface area (Å²) in [7, 11) is -3.10. The molecule has 0 spiro atoms. The normalized spacial score (nSPS) is 19.3. The van der Waals surface area contributed by atoms with Crippen LogP contribution in [0.25, 0.3) is 0 Å². The highest BCUT2D eigenvalue weighted by molar-refractivity contribution is 7.91. The Balaban J connectivity index is 1.91. The standard InChI is InChI=1S/C16H15Cl2NO3S2/c17-12-4-3-11(14(18)8-12)9-19(13-5-7-24(21,22)10-13)16(20)15-2-1-6-23-15/h1-4,6,8,13H,5,7,9-10H2/t13-/m1/s1. The minimum absolute atomic E-state index is 0.00464. The molecule has 2 aromatic rings. The molecule has 1 amide bonds. The summed E-state index contributed by atoms with van der Waals surface area (Å²) in [6.45, 7) is 0.257. The van der Waals surface area contributed by atoms with Crippen LogP contribution in [-0.2, 0) is 16.4 Å². The average molecular weight is 404 g/mol. The fraction of sp³-hybridized carbons (Fsp3) is 0.312. The molecule has 4 nitrogen and oxygen atoms in total. The summed E-state index contributed by atoms with van der Waals surface area (Å²) >= 11 is 13.5. The molecular weight excluding hydrogens is 389 g/mol. The van der Waals surface area contributed by atoms with Crippen molar-refractivity contribution in [2.75, 3.05) is 11.5 Å². The minimum Gasteiger partial charge on any atom is -0.330 e. The first-order valence-corrected chi connectivity index (χ1v) is 10.8. The van der Waals surface area contributed by atoms with Crippen LogP contribution in [0.2, 0.25) is 10.0 Å². The van der Waals surface area contributed by atoms with Gasteiger partial charge in [-0.2, -0.15) is 0 Å². The van der Waals surface area contributed by atoms with Gasteiger partial charge in [0.15, 0.2) is 9.84 Å². The molecule has 0 N–H and O–H groups in total. The number of halogens is 2. The van der Waals surface area contributed by atoms with E-state index in [1.807, 2.05) is 5.38 Å². The zero-order chi connectivity index (χ0) is 17.3. The van der Waals surface area contributed by atoms with Gasteiger partial charge in [-0.05, 0) is 35.6 Å². The fourth-order valence-electron chi connectivity index (χ4n) is 2.76. The Kier molecular flexibility index (Phi) is 5.20. The third kappa shape index (κ3) is 3.94. The smallest absolute Gasteiger partial charge is 0.264 e. The number of benzene rings is 1. The van der Waals surface area contributed by atoms with Crippen LogP contribution in [0.3, 0.4) is 0 Å². The van der Waals surface area contributed by atoms with E-state index in [-0.39, 0.29) is 30.0 Å². The lowest BCUT2D eigenvalue weighted by Gasteiger charge is -2.28. The van der Waals surface area contributed by atoms with E-state index >= 15 is 0 Å². The number of hydrogen-bond donors (Lipinski definition) is 0. The molecule has 24 heavy (non-hydrogen) atoms. The summed E-state index contributed by atoms with van der Waals surface area (Å²) in [5.41, 5.74) is 0.746. The molecule has 1 aromatic heterocycles. The zero-order valence-corrected chi connectivity index (χ0v) is 15.8. The number of thiophene rings is 1. The Bertz CT molecular complexity index is 850. The molecule has 0 bridgehead atoms. The van der Waals surface area contributed by atoms with Crippen LogP contribution in [-0.4, -0.2) is 36.8 Å². The number of carbonyl (C=O) groups excluding carboxylic acids is 1. The first-order valence-electron chi connectivity index (χ1n) is 7.34. The Morgan fingerprint density at radius 2 is 2.08 bits per heavy atom. The van der Waals surface area contributed by atoms with Crippen molar-refractivity contribution in [3.8, 4) is 0 Å². The predicted molar refractivity (Wildman–Crippen MR) is 97.7 cm³/mol. The van der Waals surface area contributed by atoms with Gasteiger partial charge in [0.2, 0.25) is 0 Å². The van der Waals surface area contributed by atoms with Gasteiger partial charge >= 0.3 is 0 Å². The number of sulfone groups is 1. The lowest BCUT2D eigenvalue weighted by atomic mass is 10.1. The maximum Gasteiger partial charge on any atom is 0.264 e. The third-order valence-electron chi connectivity index (χ3n) is 4.00. The highest BCUT2D eigenvalue weighted by Gasteiger charge is 2.35. The minimum atomic E-state index is -3.10. The summed E-state index contributed by atoms with van der Waals surface area (Å²) in [4.78, 5) is 15.1. The van der Waals surface area contributed by atoms with Crippen molar-refractivity contribution >= 4 is 50.3 Å². The van der Waals surface area contributed by atoms with Gasteiger partial charge in [0.25, 0.3) is 5.91 Å². The van der Waals surface area contributed by atoms with Gasteiger partial charge in [0.1, 0.15) is 0 Å². The van der Waals surface area contributed by atoms with E-state index in [1.165, 1.54) is 11.3 Å². The van der Waals surface area contributed by atoms with Crippen LogP contribution in [0.15, 0.2) is 35.7 Å². The summed E-state index contributed by atoms with van der Waals surface area (Å²) in [6, 6.07) is 8.31. The average Bonchev–Trinajstić information content (AvgIpc) is 3.15. The van der Waals surface area contributed by atoms with Crippen LogP contribution in [0.4, 0.5) is 0 Å². The largest absolute Gasteiger partial charge is 0.330 e. The van der Waals surface area contributed by atoms with E-state index in [9.17, 15) is 13.2 Å². The van der Waals surface area contributed by atoms with Crippen molar-refractivity contribution in [1.29, 1.82) is 0 Å². The van der Waals surface area contributed by atoms with Gasteiger partial charge in [-0.3, -0.25) is 4.79 Å². The van der Waals surface area contributed by atoms with E-state index in [0.29, 0.717) is 21.3 Å². The molecule has 0 radical (unpaired) electrons. The lowest BCUT2D eigenvalue weighted by molar-refractivity contribution is 0.0686. The predicted octanol–water partition coefficient (Wildman–Crippen LogP) is 3.88. The topological polar surface area (TPSA) is 54.5 Å². The van der Waals surface area contributed by atoms with Gasteiger partial charge in [0.05, 0.1) is 16.4 Å². The quantitative estimate of drug-likeness (QED) is 0.777. The fourth-order valence-corrected chi connectivity index (χ4v) is 5.64. The lowest BCUT2D eigenvalue weighted by Crippen LogP contribution is -2.40. The molecule has 8 heteroatoms. The summed E-state index contributed by atoms with van der Waals surface area (Å²) in [5.74, 6) is -0.0617. The maximum atomic E-state index is 12.9. The molecule has 0 unspecified atom stereocenters. The monoisotopic (exact) mass is 403 g/mol. The van der Waals surface area contributed by atoms with E-state index in [2.05, 4.69) is 0 Å². The first kappa shape index (κ1) is 17.7. The Labute approximate surface area is 154 Å². The van der Waals surface area contributed by atoms with Crippen LogP contribution < -0.4 is 0 Å². The van der Waals surface area contributed by atoms with E-state index in [1.54, 1.807) is 35.2 Å². The van der Waals surface area contributed by atoms with E-state index in [0.717, 1.165) is 5.56 Å². The summed E-state index contributed by atoms with van der Waals surface area (Å²) in [5, 5.41) is 2.81. The van der Waals surface area contributed by atoms with Crippen molar-refractivity contribution in [1.82, 2.24) is 4.90 Å². The van der Waals surface area contributed by atoms with Crippen molar-refractivity contribution in [3.05, 3.63) is 56.2 Å². The number of rotatable bonds is 4. The van der Waals surface area contributed by atoms with Crippen LogP contribution >= 0.6 is 34.5 Å². The summed E-state index contributed by atoms with van der Waals surface area (Å²) in [6.07, 6.45) is 0.449. The van der Waals surface area contributed by atoms with Gasteiger partial charge < -0.3 is 4.90 Å². The molecule has 1 saturated heterocycles. The molecule has 1 aliphatic heterocycles.